The van der Waals surface area contributed by atoms with Crippen LogP contribution in [-0.4, -0.2) is 34.8 Å². The number of nitrogens with two attached hydrogens (primary N) is 1. The van der Waals surface area contributed by atoms with E-state index >= 15 is 0 Å². The summed E-state index contributed by atoms with van der Waals surface area (Å²) < 4.78 is 0. The Hall–Kier alpha value is -1.72. The Bertz CT molecular complexity index is 659. The molecule has 104 valence electrons. The van der Waals surface area contributed by atoms with Crippen LogP contribution in [0.2, 0.25) is 0 Å². The highest BCUT2D eigenvalue weighted by Crippen LogP contribution is 2.28. The molecule has 1 fully saturated rings. The largest absolute Gasteiger partial charge is 0.396 e. The first-order valence-electron chi connectivity index (χ1n) is 6.74. The molecule has 0 amide bonds. The third-order valence-corrected chi connectivity index (χ3v) is 4.03. The van der Waals surface area contributed by atoms with Crippen LogP contribution in [0.3, 0.4) is 0 Å². The molecule has 0 radical (unpaired) electrons. The lowest BCUT2D eigenvalue weighted by Gasteiger charge is -2.21. The van der Waals surface area contributed by atoms with Gasteiger partial charge in [-0.3, -0.25) is 0 Å². The Balaban J connectivity index is 2.08. The maximum atomic E-state index is 9.28. The molecule has 3 rings (SSSR count). The van der Waals surface area contributed by atoms with Gasteiger partial charge in [0, 0.05) is 31.0 Å². The molecule has 0 bridgehead atoms. The minimum atomic E-state index is 0.215. The molecule has 1 aromatic carbocycles. The van der Waals surface area contributed by atoms with E-state index in [4.69, 9.17) is 22.9 Å². The number of hydrogen-bond acceptors (Lipinski definition) is 4. The number of thiocarbonyl (C=S) groups is 1. The molecule has 0 aliphatic carbocycles. The lowest BCUT2D eigenvalue weighted by Crippen LogP contribution is -2.25. The van der Waals surface area contributed by atoms with Gasteiger partial charge in [-0.1, -0.05) is 30.4 Å². The SMILES string of the molecule is NC(=S)c1cc2ccccc2nc1N1CCC(CO)C1. The maximum absolute atomic E-state index is 9.28. The molecule has 1 aromatic heterocycles. The molecule has 2 aromatic rings. The fourth-order valence-corrected chi connectivity index (χ4v) is 2.85. The molecule has 1 aliphatic heterocycles. The second-order valence-corrected chi connectivity index (χ2v) is 5.64. The van der Waals surface area contributed by atoms with E-state index in [0.717, 1.165) is 41.8 Å². The van der Waals surface area contributed by atoms with Crippen molar-refractivity contribution in [3.63, 3.8) is 0 Å². The Morgan fingerprint density at radius 2 is 2.25 bits per heavy atom. The van der Waals surface area contributed by atoms with E-state index in [9.17, 15) is 5.11 Å². The molecule has 1 aliphatic rings. The maximum Gasteiger partial charge on any atom is 0.139 e. The van der Waals surface area contributed by atoms with E-state index in [-0.39, 0.29) is 6.61 Å². The van der Waals surface area contributed by atoms with Gasteiger partial charge in [-0.15, -0.1) is 0 Å². The first-order chi connectivity index (χ1) is 9.69. The van der Waals surface area contributed by atoms with Crippen LogP contribution in [0.1, 0.15) is 12.0 Å². The van der Waals surface area contributed by atoms with Gasteiger partial charge < -0.3 is 15.7 Å². The number of aromatic nitrogens is 1. The molecule has 3 N–H and O–H groups in total. The van der Waals surface area contributed by atoms with Crippen LogP contribution in [0.25, 0.3) is 10.9 Å². The van der Waals surface area contributed by atoms with Gasteiger partial charge in [0.1, 0.15) is 10.8 Å². The summed E-state index contributed by atoms with van der Waals surface area (Å²) in [4.78, 5) is 7.26. The number of pyridine rings is 1. The first-order valence-corrected chi connectivity index (χ1v) is 7.15. The van der Waals surface area contributed by atoms with E-state index < -0.39 is 0 Å². The molecule has 0 saturated carbocycles. The van der Waals surface area contributed by atoms with E-state index in [2.05, 4.69) is 4.90 Å². The van der Waals surface area contributed by atoms with Gasteiger partial charge in [0.2, 0.25) is 0 Å². The van der Waals surface area contributed by atoms with E-state index in [1.54, 1.807) is 0 Å². The van der Waals surface area contributed by atoms with Crippen molar-refractivity contribution in [1.29, 1.82) is 0 Å². The number of rotatable bonds is 3. The number of benzene rings is 1. The van der Waals surface area contributed by atoms with Gasteiger partial charge >= 0.3 is 0 Å². The Labute approximate surface area is 123 Å². The van der Waals surface area contributed by atoms with Gasteiger partial charge in [-0.05, 0) is 18.6 Å². The van der Waals surface area contributed by atoms with Gasteiger partial charge in [-0.2, -0.15) is 0 Å². The zero-order chi connectivity index (χ0) is 14.1. The lowest BCUT2D eigenvalue weighted by molar-refractivity contribution is 0.238. The molecular weight excluding hydrogens is 270 g/mol. The zero-order valence-electron chi connectivity index (χ0n) is 11.1. The van der Waals surface area contributed by atoms with Crippen molar-refractivity contribution in [3.8, 4) is 0 Å². The summed E-state index contributed by atoms with van der Waals surface area (Å²) >= 11 is 5.17. The summed E-state index contributed by atoms with van der Waals surface area (Å²) in [6.07, 6.45) is 0.974. The van der Waals surface area contributed by atoms with Crippen LogP contribution in [-0.2, 0) is 0 Å². The van der Waals surface area contributed by atoms with Crippen LogP contribution in [0.5, 0.6) is 0 Å². The number of aliphatic hydroxyl groups excluding tert-OH is 1. The van der Waals surface area contributed by atoms with E-state index in [1.807, 2.05) is 30.3 Å². The van der Waals surface area contributed by atoms with Crippen LogP contribution >= 0.6 is 12.2 Å². The quantitative estimate of drug-likeness (QED) is 0.841. The smallest absolute Gasteiger partial charge is 0.139 e. The molecule has 20 heavy (non-hydrogen) atoms. The standard InChI is InChI=1S/C15H17N3OS/c16-14(20)12-7-11-3-1-2-4-13(11)17-15(12)18-6-5-10(8-18)9-19/h1-4,7,10,19H,5-6,8-9H2,(H2,16,20). The Kier molecular flexibility index (Phi) is 3.54. The summed E-state index contributed by atoms with van der Waals surface area (Å²) in [6.45, 7) is 1.90. The monoisotopic (exact) mass is 287 g/mol. The summed E-state index contributed by atoms with van der Waals surface area (Å²) in [7, 11) is 0. The Morgan fingerprint density at radius 1 is 1.45 bits per heavy atom. The van der Waals surface area contributed by atoms with Crippen LogP contribution in [0, 0.1) is 5.92 Å². The summed E-state index contributed by atoms with van der Waals surface area (Å²) in [5.74, 6) is 1.15. The molecule has 1 saturated heterocycles. The van der Waals surface area contributed by atoms with Crippen molar-refractivity contribution in [3.05, 3.63) is 35.9 Å². The van der Waals surface area contributed by atoms with Crippen molar-refractivity contribution in [1.82, 2.24) is 4.98 Å². The van der Waals surface area contributed by atoms with Crippen molar-refractivity contribution in [2.24, 2.45) is 11.7 Å². The van der Waals surface area contributed by atoms with Crippen molar-refractivity contribution in [2.75, 3.05) is 24.6 Å². The van der Waals surface area contributed by atoms with E-state index in [1.165, 1.54) is 0 Å². The number of anilines is 1. The second kappa shape index (κ2) is 5.34. The van der Waals surface area contributed by atoms with Gasteiger partial charge in [0.05, 0.1) is 11.1 Å². The predicted octanol–water partition coefficient (Wildman–Crippen LogP) is 1.69. The average Bonchev–Trinajstić information content (AvgIpc) is 2.94. The van der Waals surface area contributed by atoms with Crippen molar-refractivity contribution < 1.29 is 5.11 Å². The van der Waals surface area contributed by atoms with Crippen LogP contribution < -0.4 is 10.6 Å². The predicted molar refractivity (Wildman–Crippen MR) is 85.0 cm³/mol. The third-order valence-electron chi connectivity index (χ3n) is 3.81. The molecule has 4 nitrogen and oxygen atoms in total. The molecular formula is C15H17N3OS. The third kappa shape index (κ3) is 2.34. The van der Waals surface area contributed by atoms with Gasteiger partial charge in [0.25, 0.3) is 0 Å². The summed E-state index contributed by atoms with van der Waals surface area (Å²) in [5, 5.41) is 10.3. The van der Waals surface area contributed by atoms with Crippen LogP contribution in [0.15, 0.2) is 30.3 Å². The van der Waals surface area contributed by atoms with Crippen molar-refractivity contribution in [2.45, 2.75) is 6.42 Å². The highest BCUT2D eigenvalue weighted by Gasteiger charge is 2.25. The molecule has 5 heteroatoms. The molecule has 1 atom stereocenters. The Morgan fingerprint density at radius 3 is 2.95 bits per heavy atom. The number of para-hydroxylation sites is 1. The average molecular weight is 287 g/mol. The second-order valence-electron chi connectivity index (χ2n) is 5.20. The van der Waals surface area contributed by atoms with Gasteiger partial charge in [-0.25, -0.2) is 4.98 Å². The minimum Gasteiger partial charge on any atom is -0.396 e. The number of aliphatic hydroxyl groups is 1. The minimum absolute atomic E-state index is 0.215. The molecule has 1 unspecified atom stereocenters. The highest BCUT2D eigenvalue weighted by molar-refractivity contribution is 7.80. The first kappa shape index (κ1) is 13.3. The topological polar surface area (TPSA) is 62.4 Å². The summed E-state index contributed by atoms with van der Waals surface area (Å²) in [6, 6.07) is 9.95. The highest BCUT2D eigenvalue weighted by atomic mass is 32.1. The summed E-state index contributed by atoms with van der Waals surface area (Å²) in [5.41, 5.74) is 7.61. The van der Waals surface area contributed by atoms with Crippen molar-refractivity contribution >= 4 is 33.9 Å². The normalized spacial score (nSPS) is 18.6. The lowest BCUT2D eigenvalue weighted by atomic mass is 10.1. The number of nitrogens with zero attached hydrogens (tertiary/aromatic N) is 2. The fraction of sp³-hybridized carbons (Fsp3) is 0.333. The van der Waals surface area contributed by atoms with Crippen LogP contribution in [0.4, 0.5) is 5.82 Å². The molecule has 2 heterocycles. The number of hydrogen-bond donors (Lipinski definition) is 2. The van der Waals surface area contributed by atoms with Gasteiger partial charge in [0.15, 0.2) is 0 Å². The fourth-order valence-electron chi connectivity index (χ4n) is 2.70. The van der Waals surface area contributed by atoms with E-state index in [0.29, 0.717) is 10.9 Å². The zero-order valence-corrected chi connectivity index (χ0v) is 11.9. The molecule has 0 spiro atoms. The number of fused-ring (bicyclic) bond motifs is 1.